The fourth-order valence-corrected chi connectivity index (χ4v) is 3.65. The Bertz CT molecular complexity index is 735. The van der Waals surface area contributed by atoms with E-state index in [-0.39, 0.29) is 23.5 Å². The minimum atomic E-state index is -3.18. The first kappa shape index (κ1) is 19.7. The molecule has 1 aliphatic rings. The summed E-state index contributed by atoms with van der Waals surface area (Å²) >= 11 is 0. The second-order valence-corrected chi connectivity index (χ2v) is 10.4. The Labute approximate surface area is 150 Å². The molecule has 1 fully saturated rings. The zero-order valence-electron chi connectivity index (χ0n) is 15.4. The highest BCUT2D eigenvalue weighted by Gasteiger charge is 2.45. The average Bonchev–Trinajstić information content (AvgIpc) is 3.31. The SMILES string of the molecule is CN=C(NCCS(=O)(=O)C(C)(C)C)NCC1(c2ccccc2F)CC1. The van der Waals surface area contributed by atoms with Crippen molar-refractivity contribution in [1.82, 2.24) is 10.6 Å². The molecule has 0 spiro atoms. The summed E-state index contributed by atoms with van der Waals surface area (Å²) in [6.45, 7) is 5.94. The lowest BCUT2D eigenvalue weighted by Gasteiger charge is -2.21. The molecule has 2 N–H and O–H groups in total. The summed E-state index contributed by atoms with van der Waals surface area (Å²) in [5.41, 5.74) is 0.536. The second-order valence-electron chi connectivity index (χ2n) is 7.54. The molecule has 7 heteroatoms. The maximum Gasteiger partial charge on any atom is 0.191 e. The first-order valence-electron chi connectivity index (χ1n) is 8.53. The molecule has 1 aliphatic carbocycles. The molecule has 0 atom stereocenters. The molecule has 1 aromatic rings. The molecule has 0 amide bonds. The first-order valence-corrected chi connectivity index (χ1v) is 10.2. The van der Waals surface area contributed by atoms with Gasteiger partial charge in [-0.25, -0.2) is 12.8 Å². The Balaban J connectivity index is 1.89. The fraction of sp³-hybridized carbons (Fsp3) is 0.611. The van der Waals surface area contributed by atoms with Gasteiger partial charge in [0.2, 0.25) is 0 Å². The number of sulfone groups is 1. The molecule has 2 rings (SSSR count). The predicted molar refractivity (Wildman–Crippen MR) is 100 cm³/mol. The van der Waals surface area contributed by atoms with Gasteiger partial charge in [-0.1, -0.05) is 18.2 Å². The van der Waals surface area contributed by atoms with E-state index in [4.69, 9.17) is 0 Å². The summed E-state index contributed by atoms with van der Waals surface area (Å²) in [6, 6.07) is 6.86. The van der Waals surface area contributed by atoms with E-state index in [1.807, 2.05) is 12.1 Å². The minimum Gasteiger partial charge on any atom is -0.356 e. The molecular formula is C18H28FN3O2S. The molecule has 0 saturated heterocycles. The number of benzene rings is 1. The number of hydrogen-bond acceptors (Lipinski definition) is 3. The van der Waals surface area contributed by atoms with Crippen LogP contribution in [0.2, 0.25) is 0 Å². The molecule has 1 aromatic carbocycles. The van der Waals surface area contributed by atoms with Crippen molar-refractivity contribution < 1.29 is 12.8 Å². The van der Waals surface area contributed by atoms with Gasteiger partial charge in [-0.3, -0.25) is 4.99 Å². The third-order valence-corrected chi connectivity index (χ3v) is 7.32. The van der Waals surface area contributed by atoms with Crippen LogP contribution in [0.5, 0.6) is 0 Å². The van der Waals surface area contributed by atoms with Crippen LogP contribution in [0, 0.1) is 5.82 Å². The lowest BCUT2D eigenvalue weighted by atomic mass is 9.95. The van der Waals surface area contributed by atoms with Crippen LogP contribution >= 0.6 is 0 Å². The third-order valence-electron chi connectivity index (χ3n) is 4.71. The number of aliphatic imine (C=N–C) groups is 1. The summed E-state index contributed by atoms with van der Waals surface area (Å²) in [7, 11) is -1.54. The smallest absolute Gasteiger partial charge is 0.191 e. The molecule has 0 heterocycles. The Morgan fingerprint density at radius 2 is 1.88 bits per heavy atom. The standard InChI is InChI=1S/C18H28FN3O2S/c1-17(2,3)25(23,24)12-11-21-16(20-4)22-13-18(9-10-18)14-7-5-6-8-15(14)19/h5-8H,9-13H2,1-4H3,(H2,20,21,22). The van der Waals surface area contributed by atoms with E-state index in [9.17, 15) is 12.8 Å². The van der Waals surface area contributed by atoms with Gasteiger partial charge in [0, 0.05) is 25.6 Å². The number of nitrogens with zero attached hydrogens (tertiary/aromatic N) is 1. The van der Waals surface area contributed by atoms with Crippen molar-refractivity contribution in [2.75, 3.05) is 25.9 Å². The van der Waals surface area contributed by atoms with E-state index in [0.717, 1.165) is 18.4 Å². The number of rotatable bonds is 6. The zero-order chi connectivity index (χ0) is 18.7. The zero-order valence-corrected chi connectivity index (χ0v) is 16.2. The molecular weight excluding hydrogens is 341 g/mol. The van der Waals surface area contributed by atoms with Crippen molar-refractivity contribution in [3.63, 3.8) is 0 Å². The van der Waals surface area contributed by atoms with E-state index < -0.39 is 14.6 Å². The summed E-state index contributed by atoms with van der Waals surface area (Å²) < 4.78 is 37.5. The third kappa shape index (κ3) is 4.71. The van der Waals surface area contributed by atoms with Gasteiger partial charge >= 0.3 is 0 Å². The molecule has 0 unspecified atom stereocenters. The lowest BCUT2D eigenvalue weighted by Crippen LogP contribution is -2.44. The molecule has 0 radical (unpaired) electrons. The Morgan fingerprint density at radius 3 is 2.40 bits per heavy atom. The molecule has 25 heavy (non-hydrogen) atoms. The summed E-state index contributed by atoms with van der Waals surface area (Å²) in [5.74, 6) is 0.392. The maximum atomic E-state index is 14.0. The first-order chi connectivity index (χ1) is 11.6. The van der Waals surface area contributed by atoms with Gasteiger partial charge < -0.3 is 10.6 Å². The van der Waals surface area contributed by atoms with E-state index in [0.29, 0.717) is 12.5 Å². The topological polar surface area (TPSA) is 70.6 Å². The van der Waals surface area contributed by atoms with Crippen molar-refractivity contribution in [3.05, 3.63) is 35.6 Å². The van der Waals surface area contributed by atoms with Gasteiger partial charge in [-0.2, -0.15) is 0 Å². The Hall–Kier alpha value is -1.63. The van der Waals surface area contributed by atoms with Gasteiger partial charge in [0.05, 0.1) is 10.5 Å². The van der Waals surface area contributed by atoms with Crippen molar-refractivity contribution >= 4 is 15.8 Å². The van der Waals surface area contributed by atoms with E-state index in [1.54, 1.807) is 33.9 Å². The second kappa shape index (κ2) is 7.32. The fourth-order valence-electron chi connectivity index (χ4n) is 2.67. The highest BCUT2D eigenvalue weighted by Crippen LogP contribution is 2.48. The van der Waals surface area contributed by atoms with E-state index >= 15 is 0 Å². The van der Waals surface area contributed by atoms with Gasteiger partial charge in [0.1, 0.15) is 5.82 Å². The van der Waals surface area contributed by atoms with Crippen LogP contribution in [0.4, 0.5) is 4.39 Å². The van der Waals surface area contributed by atoms with Crippen molar-refractivity contribution in [1.29, 1.82) is 0 Å². The van der Waals surface area contributed by atoms with Crippen LogP contribution in [-0.2, 0) is 15.3 Å². The predicted octanol–water partition coefficient (Wildman–Crippen LogP) is 2.24. The van der Waals surface area contributed by atoms with Crippen LogP contribution in [0.1, 0.15) is 39.2 Å². The van der Waals surface area contributed by atoms with Crippen LogP contribution in [0.25, 0.3) is 0 Å². The van der Waals surface area contributed by atoms with Crippen LogP contribution < -0.4 is 10.6 Å². The lowest BCUT2D eigenvalue weighted by molar-refractivity contribution is 0.555. The average molecular weight is 370 g/mol. The molecule has 0 aliphatic heterocycles. The summed E-state index contributed by atoms with van der Waals surface area (Å²) in [5, 5.41) is 6.23. The van der Waals surface area contributed by atoms with E-state index in [2.05, 4.69) is 15.6 Å². The van der Waals surface area contributed by atoms with Crippen LogP contribution in [0.15, 0.2) is 29.3 Å². The summed E-state index contributed by atoms with van der Waals surface area (Å²) in [6.07, 6.45) is 1.85. The van der Waals surface area contributed by atoms with E-state index in [1.165, 1.54) is 6.07 Å². The van der Waals surface area contributed by atoms with Gasteiger partial charge in [0.15, 0.2) is 15.8 Å². The van der Waals surface area contributed by atoms with Gasteiger partial charge in [0.25, 0.3) is 0 Å². The van der Waals surface area contributed by atoms with Crippen LogP contribution in [-0.4, -0.2) is 45.0 Å². The van der Waals surface area contributed by atoms with Crippen molar-refractivity contribution in [2.45, 2.75) is 43.8 Å². The normalized spacial score (nSPS) is 17.2. The molecule has 140 valence electrons. The molecule has 0 aromatic heterocycles. The number of guanidine groups is 1. The molecule has 0 bridgehead atoms. The number of nitrogens with one attached hydrogen (secondary N) is 2. The van der Waals surface area contributed by atoms with Crippen LogP contribution in [0.3, 0.4) is 0 Å². The Morgan fingerprint density at radius 1 is 1.24 bits per heavy atom. The highest BCUT2D eigenvalue weighted by molar-refractivity contribution is 7.92. The number of hydrogen-bond donors (Lipinski definition) is 2. The largest absolute Gasteiger partial charge is 0.356 e. The maximum absolute atomic E-state index is 14.0. The monoisotopic (exact) mass is 369 g/mol. The van der Waals surface area contributed by atoms with Crippen molar-refractivity contribution in [3.8, 4) is 0 Å². The highest BCUT2D eigenvalue weighted by atomic mass is 32.2. The number of halogens is 1. The molecule has 5 nitrogen and oxygen atoms in total. The Kier molecular flexibility index (Phi) is 5.76. The van der Waals surface area contributed by atoms with Gasteiger partial charge in [-0.05, 0) is 45.2 Å². The quantitative estimate of drug-likeness (QED) is 0.596. The van der Waals surface area contributed by atoms with Crippen molar-refractivity contribution in [2.24, 2.45) is 4.99 Å². The molecule has 1 saturated carbocycles. The minimum absolute atomic E-state index is 0.0374. The summed E-state index contributed by atoms with van der Waals surface area (Å²) in [4.78, 5) is 4.12. The van der Waals surface area contributed by atoms with Gasteiger partial charge in [-0.15, -0.1) is 0 Å².